The second kappa shape index (κ2) is 4.62. The summed E-state index contributed by atoms with van der Waals surface area (Å²) in [6.07, 6.45) is 7.95. The molecule has 3 rings (SSSR count). The summed E-state index contributed by atoms with van der Waals surface area (Å²) in [4.78, 5) is 15.0. The van der Waals surface area contributed by atoms with Crippen molar-refractivity contribution in [3.63, 3.8) is 0 Å². The van der Waals surface area contributed by atoms with E-state index in [1.807, 2.05) is 13.1 Å². The van der Waals surface area contributed by atoms with E-state index in [2.05, 4.69) is 43.8 Å². The zero-order chi connectivity index (χ0) is 13.5. The second-order valence-electron chi connectivity index (χ2n) is 5.23. The highest BCUT2D eigenvalue weighted by atomic mass is 79.9. The molecule has 0 aliphatic heterocycles. The van der Waals surface area contributed by atoms with Crippen molar-refractivity contribution in [3.05, 3.63) is 34.4 Å². The molecule has 0 unspecified atom stereocenters. The molecule has 0 N–H and O–H groups in total. The first kappa shape index (κ1) is 12.6. The van der Waals surface area contributed by atoms with Crippen LogP contribution in [0, 0.1) is 0 Å². The summed E-state index contributed by atoms with van der Waals surface area (Å²) in [6, 6.07) is 6.24. The molecule has 1 saturated carbocycles. The Balaban J connectivity index is 2.32. The fraction of sp³-hybridized carbons (Fsp3) is 0.400. The lowest BCUT2D eigenvalue weighted by atomic mass is 9.86. The van der Waals surface area contributed by atoms with Crippen LogP contribution in [0.5, 0.6) is 0 Å². The van der Waals surface area contributed by atoms with Gasteiger partial charge < -0.3 is 4.57 Å². The molecular weight excluding hydrogens is 304 g/mol. The molecule has 19 heavy (non-hydrogen) atoms. The third-order valence-corrected chi connectivity index (χ3v) is 4.76. The molecule has 1 heterocycles. The second-order valence-corrected chi connectivity index (χ2v) is 6.08. The third kappa shape index (κ3) is 1.87. The molecule has 1 aliphatic rings. The number of nitrogens with zero attached hydrogens (tertiary/aromatic N) is 2. The number of fused-ring (bicyclic) bond motifs is 1. The quantitative estimate of drug-likeness (QED) is 0.607. The van der Waals surface area contributed by atoms with Crippen LogP contribution in [-0.2, 0) is 17.4 Å². The van der Waals surface area contributed by atoms with Crippen molar-refractivity contribution in [2.24, 2.45) is 12.0 Å². The van der Waals surface area contributed by atoms with Crippen LogP contribution in [0.2, 0.25) is 0 Å². The molecule has 1 aromatic heterocycles. The van der Waals surface area contributed by atoms with Gasteiger partial charge in [-0.05, 0) is 40.4 Å². The minimum atomic E-state index is -0.370. The summed E-state index contributed by atoms with van der Waals surface area (Å²) in [6.45, 7) is 0. The summed E-state index contributed by atoms with van der Waals surface area (Å²) >= 11 is 3.63. The zero-order valence-corrected chi connectivity index (χ0v) is 12.4. The number of hydrogen-bond acceptors (Lipinski definition) is 2. The Bertz CT molecular complexity index is 677. The van der Waals surface area contributed by atoms with Crippen LogP contribution in [0.3, 0.4) is 0 Å². The predicted octanol–water partition coefficient (Wildman–Crippen LogP) is 4.05. The van der Waals surface area contributed by atoms with Gasteiger partial charge in [-0.15, -0.1) is 0 Å². The van der Waals surface area contributed by atoms with E-state index in [0.29, 0.717) is 0 Å². The smallest absolute Gasteiger partial charge is 0.235 e. The summed E-state index contributed by atoms with van der Waals surface area (Å²) in [5.41, 5.74) is 1.94. The average Bonchev–Trinajstić information content (AvgIpc) is 2.97. The predicted molar refractivity (Wildman–Crippen MR) is 78.9 cm³/mol. The zero-order valence-electron chi connectivity index (χ0n) is 10.8. The Morgan fingerprint density at radius 1 is 1.37 bits per heavy atom. The number of halogens is 1. The van der Waals surface area contributed by atoms with Gasteiger partial charge in [-0.2, -0.15) is 4.99 Å². The van der Waals surface area contributed by atoms with E-state index in [-0.39, 0.29) is 5.54 Å². The van der Waals surface area contributed by atoms with E-state index in [1.165, 1.54) is 5.39 Å². The Labute approximate surface area is 120 Å². The van der Waals surface area contributed by atoms with Crippen molar-refractivity contribution < 1.29 is 4.79 Å². The first-order chi connectivity index (χ1) is 9.18. The minimum absolute atomic E-state index is 0.370. The number of hydrogen-bond donors (Lipinski definition) is 0. The van der Waals surface area contributed by atoms with Gasteiger partial charge in [0.15, 0.2) is 0 Å². The number of aliphatic imine (C=N–C) groups is 1. The van der Waals surface area contributed by atoms with E-state index in [1.54, 1.807) is 6.08 Å². The molecule has 0 spiro atoms. The topological polar surface area (TPSA) is 34.4 Å². The van der Waals surface area contributed by atoms with E-state index in [9.17, 15) is 4.79 Å². The number of isocyanates is 1. The number of carbonyl (C=O) groups excluding carboxylic acids is 1. The fourth-order valence-electron chi connectivity index (χ4n) is 3.27. The number of aromatic nitrogens is 1. The Morgan fingerprint density at radius 2 is 2.11 bits per heavy atom. The van der Waals surface area contributed by atoms with Crippen molar-refractivity contribution in [1.82, 2.24) is 4.57 Å². The molecule has 0 radical (unpaired) electrons. The highest BCUT2D eigenvalue weighted by Gasteiger charge is 2.37. The molecule has 0 saturated heterocycles. The average molecular weight is 319 g/mol. The lowest BCUT2D eigenvalue weighted by Gasteiger charge is -2.24. The summed E-state index contributed by atoms with van der Waals surface area (Å²) in [5, 5.41) is 1.17. The maximum atomic E-state index is 10.9. The van der Waals surface area contributed by atoms with Crippen LogP contribution in [-0.4, -0.2) is 10.6 Å². The minimum Gasteiger partial charge on any atom is -0.349 e. The molecule has 0 bridgehead atoms. The van der Waals surface area contributed by atoms with Crippen molar-refractivity contribution in [2.75, 3.05) is 0 Å². The van der Waals surface area contributed by atoms with E-state index in [0.717, 1.165) is 41.2 Å². The molecule has 1 fully saturated rings. The Morgan fingerprint density at radius 3 is 2.79 bits per heavy atom. The molecule has 4 heteroatoms. The maximum Gasteiger partial charge on any atom is 0.235 e. The van der Waals surface area contributed by atoms with E-state index >= 15 is 0 Å². The van der Waals surface area contributed by atoms with Crippen molar-refractivity contribution in [1.29, 1.82) is 0 Å². The van der Waals surface area contributed by atoms with Gasteiger partial charge in [0, 0.05) is 28.6 Å². The molecule has 2 aromatic rings. The van der Waals surface area contributed by atoms with Crippen molar-refractivity contribution in [3.8, 4) is 0 Å². The van der Waals surface area contributed by atoms with Gasteiger partial charge in [0.05, 0.1) is 5.54 Å². The van der Waals surface area contributed by atoms with Gasteiger partial charge in [0.2, 0.25) is 6.08 Å². The van der Waals surface area contributed by atoms with Crippen molar-refractivity contribution >= 4 is 32.9 Å². The summed E-state index contributed by atoms with van der Waals surface area (Å²) in [7, 11) is 2.03. The van der Waals surface area contributed by atoms with Gasteiger partial charge in [-0.25, -0.2) is 4.79 Å². The number of aryl methyl sites for hydroxylation is 1. The van der Waals surface area contributed by atoms with Crippen LogP contribution in [0.25, 0.3) is 10.9 Å². The fourth-order valence-corrected chi connectivity index (χ4v) is 3.99. The monoisotopic (exact) mass is 318 g/mol. The van der Waals surface area contributed by atoms with E-state index in [4.69, 9.17) is 0 Å². The number of benzene rings is 1. The lowest BCUT2D eigenvalue weighted by Crippen LogP contribution is -2.19. The Kier molecular flexibility index (Phi) is 3.08. The first-order valence-electron chi connectivity index (χ1n) is 6.51. The SMILES string of the molecule is Cn1cc(Br)c2c(C3(N=C=O)CCCC3)cccc21. The highest BCUT2D eigenvalue weighted by Crippen LogP contribution is 2.46. The molecule has 0 atom stereocenters. The van der Waals surface area contributed by atoms with Crippen molar-refractivity contribution in [2.45, 2.75) is 31.2 Å². The summed E-state index contributed by atoms with van der Waals surface area (Å²) in [5.74, 6) is 0. The molecular formula is C15H15BrN2O. The summed E-state index contributed by atoms with van der Waals surface area (Å²) < 4.78 is 3.16. The third-order valence-electron chi connectivity index (χ3n) is 4.16. The first-order valence-corrected chi connectivity index (χ1v) is 7.30. The molecule has 1 aliphatic carbocycles. The maximum absolute atomic E-state index is 10.9. The molecule has 0 amide bonds. The van der Waals surface area contributed by atoms with E-state index < -0.39 is 0 Å². The van der Waals surface area contributed by atoms with Gasteiger partial charge in [0.1, 0.15) is 0 Å². The normalized spacial score (nSPS) is 17.6. The van der Waals surface area contributed by atoms with Gasteiger partial charge in [-0.1, -0.05) is 25.0 Å². The van der Waals surface area contributed by atoms with Gasteiger partial charge in [-0.3, -0.25) is 0 Å². The van der Waals surface area contributed by atoms with Crippen LogP contribution in [0.1, 0.15) is 31.2 Å². The lowest BCUT2D eigenvalue weighted by molar-refractivity contribution is 0.459. The Hall–Kier alpha value is -1.38. The van der Waals surface area contributed by atoms with Crippen LogP contribution < -0.4 is 0 Å². The molecule has 1 aromatic carbocycles. The van der Waals surface area contributed by atoms with Crippen LogP contribution >= 0.6 is 15.9 Å². The number of rotatable bonds is 2. The largest absolute Gasteiger partial charge is 0.349 e. The molecule has 98 valence electrons. The van der Waals surface area contributed by atoms with Gasteiger partial charge in [0.25, 0.3) is 0 Å². The van der Waals surface area contributed by atoms with Gasteiger partial charge >= 0.3 is 0 Å². The molecule has 3 nitrogen and oxygen atoms in total. The highest BCUT2D eigenvalue weighted by molar-refractivity contribution is 9.10. The standard InChI is InChI=1S/C15H15BrN2O/c1-18-9-12(16)14-11(5-4-6-13(14)18)15(17-10-19)7-2-3-8-15/h4-6,9H,2-3,7-8H2,1H3. The van der Waals surface area contributed by atoms with Crippen LogP contribution in [0.4, 0.5) is 0 Å². The van der Waals surface area contributed by atoms with Crippen LogP contribution in [0.15, 0.2) is 33.9 Å².